The van der Waals surface area contributed by atoms with Crippen molar-refractivity contribution in [3.63, 3.8) is 0 Å². The Kier molecular flexibility index (Phi) is 6.11. The summed E-state index contributed by atoms with van der Waals surface area (Å²) in [5.74, 6) is 0.922. The molecule has 7 heteroatoms. The van der Waals surface area contributed by atoms with Gasteiger partial charge in [-0.25, -0.2) is 0 Å². The van der Waals surface area contributed by atoms with Gasteiger partial charge in [0.25, 0.3) is 5.91 Å². The third kappa shape index (κ3) is 4.48. The molecule has 3 rings (SSSR count). The highest BCUT2D eigenvalue weighted by atomic mass is 16.5. The standard InChI is InChI=1S/C20H26N4O3/c1-4-23(5-2)16-8-6-15(7-9-16)20(25)24-13-12-17(14-24)27-19-11-10-18(26-3)21-22-19/h6-11,17H,4-5,12-14H2,1-3H3. The van der Waals surface area contributed by atoms with E-state index in [2.05, 4.69) is 28.9 Å². The predicted octanol–water partition coefficient (Wildman–Crippen LogP) is 2.62. The molecule has 0 bridgehead atoms. The van der Waals surface area contributed by atoms with Crippen LogP contribution in [0.4, 0.5) is 5.69 Å². The molecule has 1 saturated heterocycles. The second kappa shape index (κ2) is 8.70. The van der Waals surface area contributed by atoms with E-state index in [-0.39, 0.29) is 12.0 Å². The number of nitrogens with zero attached hydrogens (tertiary/aromatic N) is 4. The average Bonchev–Trinajstić information content (AvgIpc) is 3.18. The average molecular weight is 370 g/mol. The molecule has 0 N–H and O–H groups in total. The first-order valence-corrected chi connectivity index (χ1v) is 9.33. The van der Waals surface area contributed by atoms with Gasteiger partial charge in [-0.3, -0.25) is 4.79 Å². The van der Waals surface area contributed by atoms with Crippen LogP contribution >= 0.6 is 0 Å². The van der Waals surface area contributed by atoms with Crippen LogP contribution in [0.3, 0.4) is 0 Å². The van der Waals surface area contributed by atoms with Crippen molar-refractivity contribution in [1.82, 2.24) is 15.1 Å². The quantitative estimate of drug-likeness (QED) is 0.746. The summed E-state index contributed by atoms with van der Waals surface area (Å²) < 4.78 is 10.8. The molecule has 2 aromatic rings. The van der Waals surface area contributed by atoms with Gasteiger partial charge < -0.3 is 19.3 Å². The van der Waals surface area contributed by atoms with Gasteiger partial charge in [0, 0.05) is 49.4 Å². The first-order valence-electron chi connectivity index (χ1n) is 9.33. The molecule has 1 unspecified atom stereocenters. The van der Waals surface area contributed by atoms with Gasteiger partial charge in [0.15, 0.2) is 0 Å². The van der Waals surface area contributed by atoms with Crippen molar-refractivity contribution in [2.75, 3.05) is 38.2 Å². The molecular weight excluding hydrogens is 344 g/mol. The number of methoxy groups -OCH3 is 1. The number of hydrogen-bond acceptors (Lipinski definition) is 6. The zero-order chi connectivity index (χ0) is 19.2. The summed E-state index contributed by atoms with van der Waals surface area (Å²) in [5.41, 5.74) is 1.84. The highest BCUT2D eigenvalue weighted by molar-refractivity contribution is 5.94. The fourth-order valence-corrected chi connectivity index (χ4v) is 3.25. The molecule has 1 fully saturated rings. The van der Waals surface area contributed by atoms with Gasteiger partial charge in [0.2, 0.25) is 11.8 Å². The lowest BCUT2D eigenvalue weighted by Crippen LogP contribution is -2.31. The maximum atomic E-state index is 12.8. The van der Waals surface area contributed by atoms with Crippen LogP contribution < -0.4 is 14.4 Å². The minimum atomic E-state index is -0.0772. The van der Waals surface area contributed by atoms with E-state index in [0.717, 1.165) is 25.2 Å². The largest absolute Gasteiger partial charge is 0.480 e. The van der Waals surface area contributed by atoms with Crippen molar-refractivity contribution >= 4 is 11.6 Å². The van der Waals surface area contributed by atoms with Crippen molar-refractivity contribution in [3.8, 4) is 11.8 Å². The summed E-state index contributed by atoms with van der Waals surface area (Å²) in [6, 6.07) is 11.3. The summed E-state index contributed by atoms with van der Waals surface area (Å²) >= 11 is 0. The topological polar surface area (TPSA) is 67.8 Å². The van der Waals surface area contributed by atoms with E-state index in [1.165, 1.54) is 0 Å². The molecule has 0 aliphatic carbocycles. The maximum Gasteiger partial charge on any atom is 0.253 e. The van der Waals surface area contributed by atoms with Crippen LogP contribution in [-0.4, -0.2) is 60.4 Å². The third-order valence-corrected chi connectivity index (χ3v) is 4.79. The van der Waals surface area contributed by atoms with Gasteiger partial charge in [-0.1, -0.05) is 0 Å². The van der Waals surface area contributed by atoms with Crippen molar-refractivity contribution < 1.29 is 14.3 Å². The van der Waals surface area contributed by atoms with Gasteiger partial charge in [0.1, 0.15) is 6.10 Å². The van der Waals surface area contributed by atoms with Gasteiger partial charge in [-0.2, -0.15) is 0 Å². The number of carbonyl (C=O) groups excluding carboxylic acids is 1. The highest BCUT2D eigenvalue weighted by Crippen LogP contribution is 2.21. The Morgan fingerprint density at radius 1 is 1.11 bits per heavy atom. The van der Waals surface area contributed by atoms with Gasteiger partial charge >= 0.3 is 0 Å². The number of anilines is 1. The van der Waals surface area contributed by atoms with Gasteiger partial charge in [-0.05, 0) is 38.1 Å². The van der Waals surface area contributed by atoms with Gasteiger partial charge in [-0.15, -0.1) is 10.2 Å². The Morgan fingerprint density at radius 2 is 1.78 bits per heavy atom. The van der Waals surface area contributed by atoms with E-state index in [9.17, 15) is 4.79 Å². The van der Waals surface area contributed by atoms with Crippen LogP contribution in [0.15, 0.2) is 36.4 Å². The Labute approximate surface area is 159 Å². The normalized spacial score (nSPS) is 16.3. The Morgan fingerprint density at radius 3 is 2.37 bits per heavy atom. The number of benzene rings is 1. The molecule has 1 aliphatic rings. The first-order chi connectivity index (χ1) is 13.1. The third-order valence-electron chi connectivity index (χ3n) is 4.79. The van der Waals surface area contributed by atoms with Crippen molar-refractivity contribution in [2.45, 2.75) is 26.4 Å². The smallest absolute Gasteiger partial charge is 0.253 e. The molecule has 2 heterocycles. The summed E-state index contributed by atoms with van der Waals surface area (Å²) in [7, 11) is 1.54. The molecule has 0 spiro atoms. The molecule has 1 amide bonds. The minimum Gasteiger partial charge on any atom is -0.480 e. The molecular formula is C20H26N4O3. The second-order valence-electron chi connectivity index (χ2n) is 6.41. The van der Waals surface area contributed by atoms with Crippen LogP contribution in [-0.2, 0) is 0 Å². The van der Waals surface area contributed by atoms with Crippen molar-refractivity contribution in [2.24, 2.45) is 0 Å². The lowest BCUT2D eigenvalue weighted by atomic mass is 10.1. The molecule has 0 radical (unpaired) electrons. The van der Waals surface area contributed by atoms with Gasteiger partial charge in [0.05, 0.1) is 13.7 Å². The molecule has 1 aromatic carbocycles. The highest BCUT2D eigenvalue weighted by Gasteiger charge is 2.28. The van der Waals surface area contributed by atoms with Crippen molar-refractivity contribution in [3.05, 3.63) is 42.0 Å². The monoisotopic (exact) mass is 370 g/mol. The molecule has 0 saturated carbocycles. The fraction of sp³-hybridized carbons (Fsp3) is 0.450. The van der Waals surface area contributed by atoms with Crippen molar-refractivity contribution in [1.29, 1.82) is 0 Å². The summed E-state index contributed by atoms with van der Waals surface area (Å²) in [4.78, 5) is 16.8. The first kappa shape index (κ1) is 18.9. The van der Waals surface area contributed by atoms with Crippen LogP contribution in [0.25, 0.3) is 0 Å². The Bertz CT molecular complexity index is 745. The zero-order valence-corrected chi connectivity index (χ0v) is 16.1. The van der Waals surface area contributed by atoms with Crippen LogP contribution in [0, 0.1) is 0 Å². The number of carbonyl (C=O) groups is 1. The number of ether oxygens (including phenoxy) is 2. The maximum absolute atomic E-state index is 12.8. The fourth-order valence-electron chi connectivity index (χ4n) is 3.25. The molecule has 1 aromatic heterocycles. The van der Waals surface area contributed by atoms with Crippen LogP contribution in [0.2, 0.25) is 0 Å². The zero-order valence-electron chi connectivity index (χ0n) is 16.1. The molecule has 7 nitrogen and oxygen atoms in total. The summed E-state index contributed by atoms with van der Waals surface area (Å²) in [6.07, 6.45) is 0.698. The van der Waals surface area contributed by atoms with E-state index in [4.69, 9.17) is 9.47 Å². The molecule has 144 valence electrons. The second-order valence-corrected chi connectivity index (χ2v) is 6.41. The number of likely N-dealkylation sites (tertiary alicyclic amines) is 1. The molecule has 1 atom stereocenters. The van der Waals surface area contributed by atoms with E-state index < -0.39 is 0 Å². The molecule has 1 aliphatic heterocycles. The number of aromatic nitrogens is 2. The SMILES string of the molecule is CCN(CC)c1ccc(C(=O)N2CCC(Oc3ccc(OC)nn3)C2)cc1. The lowest BCUT2D eigenvalue weighted by Gasteiger charge is -2.22. The lowest BCUT2D eigenvalue weighted by molar-refractivity contribution is 0.0771. The van der Waals surface area contributed by atoms with E-state index >= 15 is 0 Å². The predicted molar refractivity (Wildman–Crippen MR) is 104 cm³/mol. The van der Waals surface area contributed by atoms with Crippen LogP contribution in [0.5, 0.6) is 11.8 Å². The van der Waals surface area contributed by atoms with E-state index in [0.29, 0.717) is 30.4 Å². The summed E-state index contributed by atoms with van der Waals surface area (Å²) in [5, 5.41) is 7.87. The molecule has 27 heavy (non-hydrogen) atoms. The van der Waals surface area contributed by atoms with E-state index in [1.807, 2.05) is 29.2 Å². The summed E-state index contributed by atoms with van der Waals surface area (Å²) in [6.45, 7) is 7.36. The number of amides is 1. The minimum absolute atomic E-state index is 0.0352. The Balaban J connectivity index is 1.58. The van der Waals surface area contributed by atoms with Crippen LogP contribution in [0.1, 0.15) is 30.6 Å². The number of rotatable bonds is 7. The number of hydrogen-bond donors (Lipinski definition) is 0. The van der Waals surface area contributed by atoms with E-state index in [1.54, 1.807) is 19.2 Å². The Hall–Kier alpha value is -2.83.